The molecule has 2 aromatic carbocycles. The summed E-state index contributed by atoms with van der Waals surface area (Å²) in [4.78, 5) is 13.1. The third kappa shape index (κ3) is 4.56. The summed E-state index contributed by atoms with van der Waals surface area (Å²) in [6.07, 6.45) is 3.19. The number of amides is 1. The monoisotopic (exact) mass is 467 g/mol. The van der Waals surface area contributed by atoms with Crippen LogP contribution in [0.5, 0.6) is 0 Å². The molecule has 0 aliphatic carbocycles. The second-order valence-corrected chi connectivity index (χ2v) is 9.47. The molecule has 1 atom stereocenters. The Labute approximate surface area is 182 Å². The molecule has 0 bridgehead atoms. The van der Waals surface area contributed by atoms with Crippen molar-refractivity contribution < 1.29 is 22.6 Å². The number of thiophene rings is 1. The Bertz CT molecular complexity index is 1080. The van der Waals surface area contributed by atoms with E-state index < -0.39 is 25.7 Å². The molecule has 4 nitrogen and oxygen atoms in total. The molecule has 4 rings (SSSR count). The second kappa shape index (κ2) is 9.50. The highest BCUT2D eigenvalue weighted by atomic mass is 35.5. The molecular formula is C21H17ClF2NO3PS. The van der Waals surface area contributed by atoms with Crippen LogP contribution in [-0.4, -0.2) is 19.1 Å². The number of halogens is 3. The summed E-state index contributed by atoms with van der Waals surface area (Å²) in [5.74, 6) is -1.80. The maximum atomic E-state index is 13.8. The predicted octanol–water partition coefficient (Wildman–Crippen LogP) is 6.41. The summed E-state index contributed by atoms with van der Waals surface area (Å²) < 4.78 is 40.2. The molecule has 3 aromatic rings. The Morgan fingerprint density at radius 1 is 1.20 bits per heavy atom. The lowest BCUT2D eigenvalue weighted by molar-refractivity contribution is -0.120. The van der Waals surface area contributed by atoms with E-state index in [4.69, 9.17) is 20.6 Å². The Morgan fingerprint density at radius 3 is 2.67 bits per heavy atom. The Morgan fingerprint density at radius 2 is 1.93 bits per heavy atom. The molecule has 156 valence electrons. The maximum Gasteiger partial charge on any atom is 0.240 e. The summed E-state index contributed by atoms with van der Waals surface area (Å²) in [7, 11) is -1.52. The van der Waals surface area contributed by atoms with Crippen molar-refractivity contribution in [2.45, 2.75) is 12.1 Å². The van der Waals surface area contributed by atoms with Gasteiger partial charge in [0, 0.05) is 21.5 Å². The van der Waals surface area contributed by atoms with Crippen LogP contribution in [0.15, 0.2) is 48.0 Å². The molecule has 1 saturated heterocycles. The van der Waals surface area contributed by atoms with Gasteiger partial charge in [-0.25, -0.2) is 8.78 Å². The molecule has 0 saturated carbocycles. The summed E-state index contributed by atoms with van der Waals surface area (Å²) in [5, 5.41) is 5.95. The first-order valence-electron chi connectivity index (χ1n) is 9.17. The van der Waals surface area contributed by atoms with Crippen LogP contribution in [0.2, 0.25) is 5.02 Å². The van der Waals surface area contributed by atoms with Crippen LogP contribution in [0, 0.1) is 11.6 Å². The van der Waals surface area contributed by atoms with E-state index >= 15 is 0 Å². The van der Waals surface area contributed by atoms with Crippen LogP contribution in [-0.2, 0) is 13.8 Å². The quantitative estimate of drug-likeness (QED) is 0.441. The zero-order chi connectivity index (χ0) is 21.1. The van der Waals surface area contributed by atoms with Crippen molar-refractivity contribution in [1.82, 2.24) is 5.32 Å². The van der Waals surface area contributed by atoms with Crippen molar-refractivity contribution in [3.63, 3.8) is 0 Å². The van der Waals surface area contributed by atoms with Gasteiger partial charge in [-0.2, -0.15) is 0 Å². The molecule has 1 aliphatic rings. The fraction of sp³-hybridized carbons (Fsp3) is 0.190. The number of hydrogen-bond donors (Lipinski definition) is 1. The van der Waals surface area contributed by atoms with Crippen LogP contribution < -0.4 is 5.32 Å². The van der Waals surface area contributed by atoms with Gasteiger partial charge >= 0.3 is 0 Å². The highest BCUT2D eigenvalue weighted by Crippen LogP contribution is 2.56. The van der Waals surface area contributed by atoms with Crippen molar-refractivity contribution >= 4 is 53.4 Å². The normalized spacial score (nSPS) is 16.2. The highest BCUT2D eigenvalue weighted by Gasteiger charge is 2.35. The summed E-state index contributed by atoms with van der Waals surface area (Å²) in [6.45, 7) is 1.02. The zero-order valence-electron chi connectivity index (χ0n) is 15.6. The minimum Gasteiger partial charge on any atom is -0.333 e. The molecule has 30 heavy (non-hydrogen) atoms. The molecular weight excluding hydrogens is 451 g/mol. The highest BCUT2D eigenvalue weighted by molar-refractivity contribution is 7.49. The summed E-state index contributed by atoms with van der Waals surface area (Å²) in [6, 6.07) is 9.10. The molecule has 0 spiro atoms. The SMILES string of the molecule is O=C(NC=Cc1c(F)cccc1F)C(c1csc2ccc(Cl)cc12)P1OCCCO1. The average molecular weight is 468 g/mol. The Kier molecular flexibility index (Phi) is 6.76. The second-order valence-electron chi connectivity index (χ2n) is 6.52. The van der Waals surface area contributed by atoms with E-state index in [9.17, 15) is 13.6 Å². The van der Waals surface area contributed by atoms with Gasteiger partial charge in [-0.3, -0.25) is 4.79 Å². The number of carbonyl (C=O) groups excluding carboxylic acids is 1. The van der Waals surface area contributed by atoms with Gasteiger partial charge < -0.3 is 14.4 Å². The smallest absolute Gasteiger partial charge is 0.240 e. The standard InChI is InChI=1S/C21H17ClF2NO3PS/c22-13-5-6-19-15(11-13)16(12-30-19)20(29-27-9-2-10-28-29)21(26)25-8-7-14-17(23)3-1-4-18(14)24/h1,3-8,11-12,20H,2,9-10H2,(H,25,26). The average Bonchev–Trinajstić information content (AvgIpc) is 3.14. The molecule has 1 aliphatic heterocycles. The summed E-state index contributed by atoms with van der Waals surface area (Å²) in [5.41, 5.74) is -0.172. The van der Waals surface area contributed by atoms with Crippen molar-refractivity contribution in [1.29, 1.82) is 0 Å². The van der Waals surface area contributed by atoms with Crippen LogP contribution in [0.1, 0.15) is 23.2 Å². The predicted molar refractivity (Wildman–Crippen MR) is 117 cm³/mol. The lowest BCUT2D eigenvalue weighted by Crippen LogP contribution is -2.26. The van der Waals surface area contributed by atoms with E-state index in [-0.39, 0.29) is 11.5 Å². The number of rotatable bonds is 5. The van der Waals surface area contributed by atoms with Crippen LogP contribution >= 0.6 is 31.3 Å². The first-order chi connectivity index (χ1) is 14.5. The minimum atomic E-state index is -1.52. The van der Waals surface area contributed by atoms with Crippen molar-refractivity contribution in [2.24, 2.45) is 0 Å². The fourth-order valence-electron chi connectivity index (χ4n) is 3.09. The molecule has 1 N–H and O–H groups in total. The van der Waals surface area contributed by atoms with Gasteiger partial charge in [-0.1, -0.05) is 17.7 Å². The van der Waals surface area contributed by atoms with Crippen molar-refractivity contribution in [2.75, 3.05) is 13.2 Å². The molecule has 1 aromatic heterocycles. The van der Waals surface area contributed by atoms with Gasteiger partial charge in [-0.05, 0) is 59.2 Å². The largest absolute Gasteiger partial charge is 0.333 e. The first-order valence-corrected chi connectivity index (χ1v) is 11.7. The number of carbonyl (C=O) groups is 1. The van der Waals surface area contributed by atoms with E-state index in [1.54, 1.807) is 6.07 Å². The van der Waals surface area contributed by atoms with Crippen LogP contribution in [0.4, 0.5) is 8.78 Å². The van der Waals surface area contributed by atoms with E-state index in [2.05, 4.69) is 5.32 Å². The molecule has 2 heterocycles. The Hall–Kier alpha value is -1.89. The van der Waals surface area contributed by atoms with E-state index in [0.717, 1.165) is 34.2 Å². The lowest BCUT2D eigenvalue weighted by Gasteiger charge is -2.28. The molecule has 9 heteroatoms. The van der Waals surface area contributed by atoms with Crippen molar-refractivity contribution in [3.05, 3.63) is 75.8 Å². The number of benzene rings is 2. The van der Waals surface area contributed by atoms with E-state index in [1.165, 1.54) is 29.7 Å². The molecule has 0 radical (unpaired) electrons. The molecule has 1 amide bonds. The fourth-order valence-corrected chi connectivity index (χ4v) is 6.03. The minimum absolute atomic E-state index is 0.224. The zero-order valence-corrected chi connectivity index (χ0v) is 18.1. The van der Waals surface area contributed by atoms with Gasteiger partial charge in [0.2, 0.25) is 5.91 Å². The Balaban J connectivity index is 1.63. The maximum absolute atomic E-state index is 13.8. The third-order valence-electron chi connectivity index (χ3n) is 4.52. The van der Waals surface area contributed by atoms with E-state index in [0.29, 0.717) is 18.2 Å². The van der Waals surface area contributed by atoms with Crippen molar-refractivity contribution in [3.8, 4) is 0 Å². The molecule has 1 unspecified atom stereocenters. The van der Waals surface area contributed by atoms with Crippen LogP contribution in [0.3, 0.4) is 0 Å². The van der Waals surface area contributed by atoms with Gasteiger partial charge in [-0.15, -0.1) is 11.3 Å². The van der Waals surface area contributed by atoms with Gasteiger partial charge in [0.15, 0.2) is 8.38 Å². The first kappa shape index (κ1) is 21.3. The van der Waals surface area contributed by atoms with Gasteiger partial charge in [0.1, 0.15) is 17.3 Å². The van der Waals surface area contributed by atoms with E-state index in [1.807, 2.05) is 17.5 Å². The number of hydrogen-bond acceptors (Lipinski definition) is 4. The molecule has 1 fully saturated rings. The van der Waals surface area contributed by atoms with Gasteiger partial charge in [0.25, 0.3) is 0 Å². The number of fused-ring (bicyclic) bond motifs is 1. The topological polar surface area (TPSA) is 47.6 Å². The van der Waals surface area contributed by atoms with Crippen LogP contribution in [0.25, 0.3) is 16.2 Å². The third-order valence-corrected chi connectivity index (χ3v) is 7.55. The number of nitrogens with one attached hydrogen (secondary N) is 1. The summed E-state index contributed by atoms with van der Waals surface area (Å²) >= 11 is 7.66. The van der Waals surface area contributed by atoms with Gasteiger partial charge in [0.05, 0.1) is 13.2 Å². The lowest BCUT2D eigenvalue weighted by atomic mass is 10.1.